The second kappa shape index (κ2) is 7.57. The molecule has 2 aromatic rings. The highest BCUT2D eigenvalue weighted by Crippen LogP contribution is 2.41. The molecule has 1 aromatic carbocycles. The van der Waals surface area contributed by atoms with E-state index in [1.165, 1.54) is 4.31 Å². The monoisotopic (exact) mass is 417 g/mol. The van der Waals surface area contributed by atoms with E-state index in [4.69, 9.17) is 4.52 Å². The van der Waals surface area contributed by atoms with E-state index in [0.717, 1.165) is 24.8 Å². The third kappa shape index (κ3) is 3.59. The van der Waals surface area contributed by atoms with E-state index in [1.54, 1.807) is 13.8 Å². The Morgan fingerprint density at radius 2 is 1.83 bits per heavy atom. The smallest absolute Gasteiger partial charge is 0.248 e. The van der Waals surface area contributed by atoms with Crippen molar-refractivity contribution in [3.05, 3.63) is 47.3 Å². The maximum absolute atomic E-state index is 13.0. The van der Waals surface area contributed by atoms with E-state index in [2.05, 4.69) is 22.6 Å². The zero-order valence-electron chi connectivity index (χ0n) is 16.8. The van der Waals surface area contributed by atoms with E-state index in [0.29, 0.717) is 37.4 Å². The van der Waals surface area contributed by atoms with Crippen molar-refractivity contribution in [2.45, 2.75) is 56.4 Å². The van der Waals surface area contributed by atoms with Crippen molar-refractivity contribution in [3.8, 4) is 0 Å². The molecule has 1 aliphatic carbocycles. The Kier molecular flexibility index (Phi) is 5.25. The van der Waals surface area contributed by atoms with E-state index < -0.39 is 10.0 Å². The second-order valence-corrected chi connectivity index (χ2v) is 10.00. The lowest BCUT2D eigenvalue weighted by Gasteiger charge is -2.44. The first-order valence-electron chi connectivity index (χ1n) is 10.1. The van der Waals surface area contributed by atoms with E-state index >= 15 is 0 Å². The number of hydrogen-bond acceptors (Lipinski definition) is 5. The van der Waals surface area contributed by atoms with Crippen LogP contribution in [0.15, 0.2) is 39.8 Å². The topological polar surface area (TPSA) is 92.5 Å². The molecule has 156 valence electrons. The summed E-state index contributed by atoms with van der Waals surface area (Å²) in [6, 6.07) is 10.1. The Morgan fingerprint density at radius 1 is 1.17 bits per heavy atom. The number of carbonyl (C=O) groups is 1. The normalized spacial score (nSPS) is 20.2. The largest absolute Gasteiger partial charge is 0.360 e. The molecule has 0 bridgehead atoms. The maximum Gasteiger partial charge on any atom is 0.248 e. The second-order valence-electron chi connectivity index (χ2n) is 8.12. The van der Waals surface area contributed by atoms with Gasteiger partial charge >= 0.3 is 0 Å². The Bertz CT molecular complexity index is 969. The van der Waals surface area contributed by atoms with Crippen LogP contribution in [-0.2, 0) is 20.4 Å². The van der Waals surface area contributed by atoms with Crippen LogP contribution >= 0.6 is 0 Å². The predicted octanol–water partition coefficient (Wildman–Crippen LogP) is 2.89. The van der Waals surface area contributed by atoms with Gasteiger partial charge in [0.15, 0.2) is 5.76 Å². The number of aromatic nitrogens is 1. The highest BCUT2D eigenvalue weighted by molar-refractivity contribution is 7.89. The van der Waals surface area contributed by atoms with Crippen LogP contribution in [-0.4, -0.2) is 36.9 Å². The van der Waals surface area contributed by atoms with Gasteiger partial charge in [0, 0.05) is 19.0 Å². The van der Waals surface area contributed by atoms with Gasteiger partial charge in [0.05, 0.1) is 5.54 Å². The lowest BCUT2D eigenvalue weighted by atomic mass is 9.71. The van der Waals surface area contributed by atoms with Crippen LogP contribution < -0.4 is 5.32 Å². The van der Waals surface area contributed by atoms with E-state index in [9.17, 15) is 13.2 Å². The van der Waals surface area contributed by atoms with Gasteiger partial charge in [0.1, 0.15) is 10.6 Å². The van der Waals surface area contributed by atoms with Crippen LogP contribution in [0.5, 0.6) is 0 Å². The number of hydrogen-bond donors (Lipinski definition) is 1. The molecule has 7 nitrogen and oxygen atoms in total. The molecule has 0 radical (unpaired) electrons. The molecular formula is C21H27N3O4S. The number of amides is 1. The molecule has 1 amide bonds. The summed E-state index contributed by atoms with van der Waals surface area (Å²) in [6.07, 6.45) is 4.02. The Hall–Kier alpha value is -2.19. The molecule has 0 unspecified atom stereocenters. The van der Waals surface area contributed by atoms with E-state index in [-0.39, 0.29) is 22.3 Å². The van der Waals surface area contributed by atoms with Gasteiger partial charge in [-0.05, 0) is 51.5 Å². The van der Waals surface area contributed by atoms with Crippen molar-refractivity contribution in [2.24, 2.45) is 5.92 Å². The van der Waals surface area contributed by atoms with E-state index in [1.807, 2.05) is 18.2 Å². The minimum Gasteiger partial charge on any atom is -0.360 e. The fraction of sp³-hybridized carbons (Fsp3) is 0.524. The molecule has 1 aliphatic heterocycles. The van der Waals surface area contributed by atoms with Gasteiger partial charge in [-0.15, -0.1) is 0 Å². The van der Waals surface area contributed by atoms with Gasteiger partial charge in [-0.3, -0.25) is 4.79 Å². The van der Waals surface area contributed by atoms with Gasteiger partial charge in [0.25, 0.3) is 0 Å². The fourth-order valence-corrected chi connectivity index (χ4v) is 6.20. The van der Waals surface area contributed by atoms with Gasteiger partial charge < -0.3 is 9.84 Å². The molecule has 2 fully saturated rings. The van der Waals surface area contributed by atoms with Crippen molar-refractivity contribution in [2.75, 3.05) is 13.1 Å². The Morgan fingerprint density at radius 3 is 2.34 bits per heavy atom. The van der Waals surface area contributed by atoms with Crippen LogP contribution in [0.2, 0.25) is 0 Å². The Balaban J connectivity index is 1.41. The first-order chi connectivity index (χ1) is 13.8. The predicted molar refractivity (Wildman–Crippen MR) is 108 cm³/mol. The highest BCUT2D eigenvalue weighted by Gasteiger charge is 2.42. The van der Waals surface area contributed by atoms with Crippen molar-refractivity contribution >= 4 is 15.9 Å². The first kappa shape index (κ1) is 20.1. The lowest BCUT2D eigenvalue weighted by Crippen LogP contribution is -2.53. The molecule has 0 spiro atoms. The van der Waals surface area contributed by atoms with Crippen molar-refractivity contribution in [1.82, 2.24) is 14.8 Å². The zero-order chi connectivity index (χ0) is 20.6. The number of sulfonamides is 1. The zero-order valence-corrected chi connectivity index (χ0v) is 17.7. The summed E-state index contributed by atoms with van der Waals surface area (Å²) in [5, 5.41) is 7.04. The molecule has 1 N–H and O–H groups in total. The lowest BCUT2D eigenvalue weighted by molar-refractivity contribution is -0.129. The first-order valence-corrected chi connectivity index (χ1v) is 11.6. The molecule has 1 aromatic heterocycles. The summed E-state index contributed by atoms with van der Waals surface area (Å²) in [5.74, 6) is 0.160. The number of carbonyl (C=O) groups excluding carboxylic acids is 1. The summed E-state index contributed by atoms with van der Waals surface area (Å²) < 4.78 is 32.4. The van der Waals surface area contributed by atoms with Crippen LogP contribution in [0.25, 0.3) is 0 Å². The molecule has 1 saturated carbocycles. The third-order valence-electron chi connectivity index (χ3n) is 6.29. The maximum atomic E-state index is 13.0. The highest BCUT2D eigenvalue weighted by atomic mass is 32.2. The van der Waals surface area contributed by atoms with Crippen LogP contribution in [0, 0.1) is 19.8 Å². The summed E-state index contributed by atoms with van der Waals surface area (Å²) in [7, 11) is -3.66. The third-order valence-corrected chi connectivity index (χ3v) is 8.43. The molecule has 4 rings (SSSR count). The molecular weight excluding hydrogens is 390 g/mol. The summed E-state index contributed by atoms with van der Waals surface area (Å²) >= 11 is 0. The van der Waals surface area contributed by atoms with Crippen LogP contribution in [0.3, 0.4) is 0 Å². The minimum absolute atomic E-state index is 0.0305. The molecule has 0 atom stereocenters. The molecule has 29 heavy (non-hydrogen) atoms. The molecule has 2 aliphatic rings. The number of aryl methyl sites for hydroxylation is 2. The minimum atomic E-state index is -3.66. The molecule has 2 heterocycles. The van der Waals surface area contributed by atoms with Gasteiger partial charge in [-0.2, -0.15) is 4.31 Å². The van der Waals surface area contributed by atoms with Gasteiger partial charge in [-0.1, -0.05) is 35.5 Å². The summed E-state index contributed by atoms with van der Waals surface area (Å²) in [5.41, 5.74) is 1.26. The van der Waals surface area contributed by atoms with Crippen LogP contribution in [0.4, 0.5) is 0 Å². The fourth-order valence-electron chi connectivity index (χ4n) is 4.44. The number of rotatable bonds is 5. The summed E-state index contributed by atoms with van der Waals surface area (Å²) in [4.78, 5) is 13.1. The number of piperidine rings is 1. The quantitative estimate of drug-likeness (QED) is 0.808. The Labute approximate surface area is 171 Å². The van der Waals surface area contributed by atoms with Crippen molar-refractivity contribution < 1.29 is 17.7 Å². The SMILES string of the molecule is Cc1noc(C)c1S(=O)(=O)N1CCC(C(=O)NC2(c3ccccc3)CCC2)CC1. The number of benzene rings is 1. The standard InChI is InChI=1S/C21H27N3O4S/c1-15-19(16(2)28-23-15)29(26,27)24-13-9-17(10-14-24)20(25)22-21(11-6-12-21)18-7-4-3-5-8-18/h3-5,7-8,17H,6,9-14H2,1-2H3,(H,22,25). The summed E-state index contributed by atoms with van der Waals surface area (Å²) in [6.45, 7) is 3.88. The molecule has 1 saturated heterocycles. The average molecular weight is 418 g/mol. The van der Waals surface area contributed by atoms with Gasteiger partial charge in [-0.25, -0.2) is 8.42 Å². The number of nitrogens with zero attached hydrogens (tertiary/aromatic N) is 2. The van der Waals surface area contributed by atoms with Crippen molar-refractivity contribution in [3.63, 3.8) is 0 Å². The number of nitrogens with one attached hydrogen (secondary N) is 1. The van der Waals surface area contributed by atoms with Crippen molar-refractivity contribution in [1.29, 1.82) is 0 Å². The van der Waals surface area contributed by atoms with Crippen LogP contribution in [0.1, 0.15) is 49.1 Å². The average Bonchev–Trinajstić information content (AvgIpc) is 3.04. The van der Waals surface area contributed by atoms with Gasteiger partial charge in [0.2, 0.25) is 15.9 Å². The molecule has 8 heteroatoms.